The zero-order valence-corrected chi connectivity index (χ0v) is 12.9. The average molecular weight is 317 g/mol. The van der Waals surface area contributed by atoms with Gasteiger partial charge in [0.15, 0.2) is 11.6 Å². The average Bonchev–Trinajstić information content (AvgIpc) is 2.90. The molecule has 0 aliphatic carbocycles. The van der Waals surface area contributed by atoms with Crippen LogP contribution in [-0.4, -0.2) is 11.4 Å². The van der Waals surface area contributed by atoms with Crippen molar-refractivity contribution in [2.45, 2.75) is 4.90 Å². The number of hydrogen-bond acceptors (Lipinski definition) is 4. The molecule has 3 rings (SSSR count). The molecule has 0 aliphatic heterocycles. The van der Waals surface area contributed by atoms with Gasteiger partial charge in [0, 0.05) is 15.5 Å². The van der Waals surface area contributed by atoms with Crippen molar-refractivity contribution >= 4 is 29.2 Å². The Labute approximate surface area is 132 Å². The maximum absolute atomic E-state index is 5.96. The summed E-state index contributed by atoms with van der Waals surface area (Å²) >= 11 is 7.62. The van der Waals surface area contributed by atoms with E-state index in [1.165, 1.54) is 4.90 Å². The maximum Gasteiger partial charge on any atom is 0.176 e. The highest BCUT2D eigenvalue weighted by Crippen LogP contribution is 2.37. The van der Waals surface area contributed by atoms with Crippen LogP contribution in [0, 0.1) is 0 Å². The first-order valence-corrected chi connectivity index (χ1v) is 7.95. The molecular formula is C16H13ClN2OS. The molecule has 0 aliphatic rings. The Morgan fingerprint density at radius 2 is 1.62 bits per heavy atom. The molecule has 2 aromatic carbocycles. The van der Waals surface area contributed by atoms with E-state index in [1.807, 2.05) is 54.8 Å². The van der Waals surface area contributed by atoms with Crippen molar-refractivity contribution in [3.63, 3.8) is 0 Å². The quantitative estimate of drug-likeness (QED) is 0.693. The summed E-state index contributed by atoms with van der Waals surface area (Å²) in [4.78, 5) is 1.19. The molecule has 106 valence electrons. The number of nitrogens with two attached hydrogens (primary N) is 1. The van der Waals surface area contributed by atoms with Gasteiger partial charge in [0.25, 0.3) is 0 Å². The fourth-order valence-corrected chi connectivity index (χ4v) is 2.67. The summed E-state index contributed by atoms with van der Waals surface area (Å²) < 4.78 is 5.42. The van der Waals surface area contributed by atoms with Crippen LogP contribution in [0.15, 0.2) is 57.9 Å². The second kappa shape index (κ2) is 5.84. The van der Waals surface area contributed by atoms with Crippen LogP contribution < -0.4 is 5.73 Å². The van der Waals surface area contributed by atoms with Gasteiger partial charge in [0.2, 0.25) is 0 Å². The molecule has 0 unspecified atom stereocenters. The highest BCUT2D eigenvalue weighted by atomic mass is 35.5. The lowest BCUT2D eigenvalue weighted by atomic mass is 10.0. The van der Waals surface area contributed by atoms with E-state index in [0.29, 0.717) is 16.6 Å². The van der Waals surface area contributed by atoms with Gasteiger partial charge in [-0.2, -0.15) is 0 Å². The Hall–Kier alpha value is -1.91. The van der Waals surface area contributed by atoms with Crippen molar-refractivity contribution in [3.8, 4) is 22.5 Å². The van der Waals surface area contributed by atoms with Crippen LogP contribution in [0.4, 0.5) is 5.82 Å². The Kier molecular flexibility index (Phi) is 3.90. The summed E-state index contributed by atoms with van der Waals surface area (Å²) in [5.74, 6) is 1.05. The lowest BCUT2D eigenvalue weighted by Gasteiger charge is -2.04. The van der Waals surface area contributed by atoms with Crippen LogP contribution >= 0.6 is 23.4 Å². The minimum atomic E-state index is 0.376. The first-order chi connectivity index (χ1) is 10.2. The van der Waals surface area contributed by atoms with E-state index in [2.05, 4.69) is 5.16 Å². The molecule has 0 spiro atoms. The Morgan fingerprint density at radius 3 is 2.24 bits per heavy atom. The Morgan fingerprint density at radius 1 is 1.00 bits per heavy atom. The monoisotopic (exact) mass is 316 g/mol. The standard InChI is InChI=1S/C16H13ClN2OS/c1-21-13-8-4-11(5-9-13)15-14(16(18)19-20-15)10-2-6-12(17)7-3-10/h2-9H,1H3,(H2,18,19). The van der Waals surface area contributed by atoms with Crippen LogP contribution in [0.3, 0.4) is 0 Å². The smallest absolute Gasteiger partial charge is 0.176 e. The minimum absolute atomic E-state index is 0.376. The summed E-state index contributed by atoms with van der Waals surface area (Å²) in [6.45, 7) is 0. The molecule has 0 bridgehead atoms. The second-order valence-corrected chi connectivity index (χ2v) is 5.82. The molecule has 0 saturated heterocycles. The summed E-state index contributed by atoms with van der Waals surface area (Å²) in [7, 11) is 0. The summed E-state index contributed by atoms with van der Waals surface area (Å²) in [5, 5.41) is 4.58. The highest BCUT2D eigenvalue weighted by Gasteiger charge is 2.17. The molecule has 0 saturated carbocycles. The van der Waals surface area contributed by atoms with Crippen molar-refractivity contribution in [3.05, 3.63) is 53.6 Å². The van der Waals surface area contributed by atoms with Gasteiger partial charge in [-0.15, -0.1) is 11.8 Å². The van der Waals surface area contributed by atoms with E-state index in [0.717, 1.165) is 16.7 Å². The molecule has 2 N–H and O–H groups in total. The zero-order chi connectivity index (χ0) is 14.8. The molecule has 0 amide bonds. The number of thioether (sulfide) groups is 1. The number of rotatable bonds is 3. The van der Waals surface area contributed by atoms with Gasteiger partial charge in [-0.25, -0.2) is 0 Å². The van der Waals surface area contributed by atoms with Crippen molar-refractivity contribution < 1.29 is 4.52 Å². The van der Waals surface area contributed by atoms with E-state index >= 15 is 0 Å². The third kappa shape index (κ3) is 2.77. The molecule has 1 aromatic heterocycles. The molecule has 3 aromatic rings. The van der Waals surface area contributed by atoms with Crippen molar-refractivity contribution in [2.75, 3.05) is 12.0 Å². The minimum Gasteiger partial charge on any atom is -0.380 e. The number of nitrogens with zero attached hydrogens (tertiary/aromatic N) is 1. The first kappa shape index (κ1) is 14.0. The molecule has 3 nitrogen and oxygen atoms in total. The largest absolute Gasteiger partial charge is 0.380 e. The number of aromatic nitrogens is 1. The predicted molar refractivity (Wildman–Crippen MR) is 88.6 cm³/mol. The third-order valence-corrected chi connectivity index (χ3v) is 4.20. The van der Waals surface area contributed by atoms with Gasteiger partial charge < -0.3 is 10.3 Å². The van der Waals surface area contributed by atoms with Gasteiger partial charge >= 0.3 is 0 Å². The second-order valence-electron chi connectivity index (χ2n) is 4.51. The fourth-order valence-electron chi connectivity index (χ4n) is 2.14. The maximum atomic E-state index is 5.96. The van der Waals surface area contributed by atoms with Crippen molar-refractivity contribution in [1.29, 1.82) is 0 Å². The fraction of sp³-hybridized carbons (Fsp3) is 0.0625. The van der Waals surface area contributed by atoms with Gasteiger partial charge in [0.05, 0.1) is 5.56 Å². The summed E-state index contributed by atoms with van der Waals surface area (Å²) in [6, 6.07) is 15.6. The molecule has 1 heterocycles. The number of hydrogen-bond donors (Lipinski definition) is 1. The van der Waals surface area contributed by atoms with E-state index in [-0.39, 0.29) is 0 Å². The van der Waals surface area contributed by atoms with Gasteiger partial charge in [-0.1, -0.05) is 28.9 Å². The molecule has 0 radical (unpaired) electrons. The van der Waals surface area contributed by atoms with E-state index in [9.17, 15) is 0 Å². The van der Waals surface area contributed by atoms with Gasteiger partial charge in [-0.3, -0.25) is 0 Å². The van der Waals surface area contributed by atoms with Crippen LogP contribution in [0.2, 0.25) is 5.02 Å². The number of nitrogen functional groups attached to an aromatic ring is 1. The first-order valence-electron chi connectivity index (χ1n) is 6.34. The summed E-state index contributed by atoms with van der Waals surface area (Å²) in [6.07, 6.45) is 2.04. The summed E-state index contributed by atoms with van der Waals surface area (Å²) in [5.41, 5.74) is 8.64. The topological polar surface area (TPSA) is 52.0 Å². The van der Waals surface area contributed by atoms with Gasteiger partial charge in [-0.05, 0) is 48.2 Å². The van der Waals surface area contributed by atoms with E-state index < -0.39 is 0 Å². The Bertz CT molecular complexity index is 751. The number of halogens is 1. The zero-order valence-electron chi connectivity index (χ0n) is 11.3. The van der Waals surface area contributed by atoms with Crippen molar-refractivity contribution in [1.82, 2.24) is 5.16 Å². The molecule has 0 fully saturated rings. The van der Waals surface area contributed by atoms with Gasteiger partial charge in [0.1, 0.15) is 0 Å². The lowest BCUT2D eigenvalue weighted by Crippen LogP contribution is -1.88. The van der Waals surface area contributed by atoms with Crippen molar-refractivity contribution in [2.24, 2.45) is 0 Å². The normalized spacial score (nSPS) is 10.8. The van der Waals surface area contributed by atoms with Crippen LogP contribution in [0.5, 0.6) is 0 Å². The number of anilines is 1. The molecular weight excluding hydrogens is 304 g/mol. The highest BCUT2D eigenvalue weighted by molar-refractivity contribution is 7.98. The van der Waals surface area contributed by atoms with Crippen LogP contribution in [0.1, 0.15) is 0 Å². The van der Waals surface area contributed by atoms with Crippen LogP contribution in [-0.2, 0) is 0 Å². The molecule has 21 heavy (non-hydrogen) atoms. The SMILES string of the molecule is CSc1ccc(-c2onc(N)c2-c2ccc(Cl)cc2)cc1. The number of benzene rings is 2. The third-order valence-electron chi connectivity index (χ3n) is 3.20. The Balaban J connectivity index is 2.09. The van der Waals surface area contributed by atoms with E-state index in [4.69, 9.17) is 21.9 Å². The molecule has 5 heteroatoms. The van der Waals surface area contributed by atoms with E-state index in [1.54, 1.807) is 11.8 Å². The molecule has 0 atom stereocenters. The lowest BCUT2D eigenvalue weighted by molar-refractivity contribution is 0.436. The van der Waals surface area contributed by atoms with Crippen LogP contribution in [0.25, 0.3) is 22.5 Å². The predicted octanol–water partition coefficient (Wildman–Crippen LogP) is 4.97.